The summed E-state index contributed by atoms with van der Waals surface area (Å²) in [7, 11) is 0. The number of allylic oxidation sites excluding steroid dienone is 11. The number of nitrogens with one attached hydrogen (secondary N) is 1. The first kappa shape index (κ1) is 29.9. The van der Waals surface area contributed by atoms with Gasteiger partial charge >= 0.3 is 0 Å². The van der Waals surface area contributed by atoms with Gasteiger partial charge in [-0.15, -0.1) is 0 Å². The standard InChI is InChI=1S/C33H51N/c1-9-14-15-30(18-16-27(6)24-33(8,22-10-2)23-11-3)31-19-17-28(7)32(21-20-31)26-34-25-29(12-4)13-5/h12-15,17-21,28,34H,4,6,9-11,16,22-26H2,1-3,5,7-8H3/b15-14-,29-13+,30-18+. The largest absolute Gasteiger partial charge is 0.309 e. The molecule has 1 N–H and O–H groups in total. The molecule has 1 aliphatic rings. The van der Waals surface area contributed by atoms with E-state index in [1.165, 1.54) is 53.5 Å². The van der Waals surface area contributed by atoms with Gasteiger partial charge in [-0.05, 0) is 72.7 Å². The molecule has 0 aromatic carbocycles. The SMILES string of the molecule is C=C/C(=C\C)CNCC1=CC=C(C(/C=C\CC)=C/CC(=C)CC(C)(CCC)CCC)C=CC1C. The molecule has 0 saturated heterocycles. The summed E-state index contributed by atoms with van der Waals surface area (Å²) in [6.07, 6.45) is 28.3. The van der Waals surface area contributed by atoms with Crippen LogP contribution >= 0.6 is 0 Å². The van der Waals surface area contributed by atoms with Crippen LogP contribution in [-0.4, -0.2) is 13.1 Å². The van der Waals surface area contributed by atoms with Crippen LogP contribution in [0.4, 0.5) is 0 Å². The summed E-state index contributed by atoms with van der Waals surface area (Å²) < 4.78 is 0. The topological polar surface area (TPSA) is 12.0 Å². The Balaban J connectivity index is 3.00. The Kier molecular flexibility index (Phi) is 14.5. The van der Waals surface area contributed by atoms with Gasteiger partial charge in [0.1, 0.15) is 0 Å². The van der Waals surface area contributed by atoms with E-state index in [4.69, 9.17) is 0 Å². The van der Waals surface area contributed by atoms with Crippen LogP contribution in [0.5, 0.6) is 0 Å². The predicted octanol–water partition coefficient (Wildman–Crippen LogP) is 9.60. The summed E-state index contributed by atoms with van der Waals surface area (Å²) in [6.45, 7) is 23.7. The zero-order valence-corrected chi connectivity index (χ0v) is 23.1. The van der Waals surface area contributed by atoms with Crippen molar-refractivity contribution < 1.29 is 0 Å². The molecule has 34 heavy (non-hydrogen) atoms. The molecule has 1 rings (SSSR count). The molecule has 1 unspecified atom stereocenters. The third-order valence-electron chi connectivity index (χ3n) is 6.78. The molecule has 0 amide bonds. The first-order valence-electron chi connectivity index (χ1n) is 13.4. The second kappa shape index (κ2) is 16.5. The molecule has 188 valence electrons. The van der Waals surface area contributed by atoms with Crippen LogP contribution in [0, 0.1) is 11.3 Å². The van der Waals surface area contributed by atoms with Crippen molar-refractivity contribution in [2.45, 2.75) is 86.5 Å². The fraction of sp³-hybridized carbons (Fsp3) is 0.515. The lowest BCUT2D eigenvalue weighted by atomic mass is 9.76. The Morgan fingerprint density at radius 2 is 1.85 bits per heavy atom. The summed E-state index contributed by atoms with van der Waals surface area (Å²) in [6, 6.07) is 0. The van der Waals surface area contributed by atoms with E-state index in [1.54, 1.807) is 0 Å². The summed E-state index contributed by atoms with van der Waals surface area (Å²) >= 11 is 0. The van der Waals surface area contributed by atoms with E-state index < -0.39 is 0 Å². The minimum absolute atomic E-state index is 0.383. The number of hydrogen-bond acceptors (Lipinski definition) is 1. The highest BCUT2D eigenvalue weighted by Crippen LogP contribution is 2.36. The molecule has 0 aromatic rings. The summed E-state index contributed by atoms with van der Waals surface area (Å²) in [4.78, 5) is 0. The summed E-state index contributed by atoms with van der Waals surface area (Å²) in [5, 5.41) is 3.56. The van der Waals surface area contributed by atoms with E-state index >= 15 is 0 Å². The first-order chi connectivity index (χ1) is 16.3. The molecular weight excluding hydrogens is 410 g/mol. The average molecular weight is 462 g/mol. The van der Waals surface area contributed by atoms with Gasteiger partial charge in [0.15, 0.2) is 0 Å². The van der Waals surface area contributed by atoms with Crippen LogP contribution in [0.2, 0.25) is 0 Å². The van der Waals surface area contributed by atoms with Crippen LogP contribution in [0.25, 0.3) is 0 Å². The average Bonchev–Trinajstić information content (AvgIpc) is 2.98. The van der Waals surface area contributed by atoms with Crippen LogP contribution in [0.3, 0.4) is 0 Å². The Hall–Kier alpha value is -2.12. The van der Waals surface area contributed by atoms with Gasteiger partial charge in [0, 0.05) is 13.1 Å². The lowest BCUT2D eigenvalue weighted by molar-refractivity contribution is 0.262. The molecule has 1 atom stereocenters. The molecule has 0 spiro atoms. The van der Waals surface area contributed by atoms with E-state index in [2.05, 4.69) is 109 Å². The molecule has 1 aliphatic carbocycles. The molecule has 0 heterocycles. The molecule has 0 aromatic heterocycles. The summed E-state index contributed by atoms with van der Waals surface area (Å²) in [5.74, 6) is 0.411. The Morgan fingerprint density at radius 1 is 1.15 bits per heavy atom. The third kappa shape index (κ3) is 10.9. The minimum Gasteiger partial charge on any atom is -0.309 e. The highest BCUT2D eigenvalue weighted by atomic mass is 14.8. The first-order valence-corrected chi connectivity index (χ1v) is 13.4. The molecule has 0 fully saturated rings. The highest BCUT2D eigenvalue weighted by Gasteiger charge is 2.22. The third-order valence-corrected chi connectivity index (χ3v) is 6.78. The molecule has 0 bridgehead atoms. The van der Waals surface area contributed by atoms with Gasteiger partial charge < -0.3 is 5.32 Å². The van der Waals surface area contributed by atoms with E-state index in [0.717, 1.165) is 32.4 Å². The molecule has 0 radical (unpaired) electrons. The predicted molar refractivity (Wildman–Crippen MR) is 155 cm³/mol. The van der Waals surface area contributed by atoms with Crippen molar-refractivity contribution >= 4 is 0 Å². The zero-order valence-electron chi connectivity index (χ0n) is 23.1. The molecule has 1 heteroatoms. The van der Waals surface area contributed by atoms with Crippen LogP contribution in [0.15, 0.2) is 95.7 Å². The van der Waals surface area contributed by atoms with Crippen LogP contribution in [0.1, 0.15) is 86.5 Å². The smallest absolute Gasteiger partial charge is 0.0205 e. The van der Waals surface area contributed by atoms with E-state index in [-0.39, 0.29) is 0 Å². The Labute approximate surface area is 211 Å². The normalized spacial score (nSPS) is 17.5. The lowest BCUT2D eigenvalue weighted by Gasteiger charge is -2.30. The Bertz CT molecular complexity index is 819. The zero-order chi connectivity index (χ0) is 25.4. The van der Waals surface area contributed by atoms with Gasteiger partial charge in [-0.1, -0.05) is 121 Å². The van der Waals surface area contributed by atoms with Crippen molar-refractivity contribution in [3.8, 4) is 0 Å². The summed E-state index contributed by atoms with van der Waals surface area (Å²) in [5.41, 5.74) is 6.95. The highest BCUT2D eigenvalue weighted by molar-refractivity contribution is 5.50. The van der Waals surface area contributed by atoms with Crippen molar-refractivity contribution in [1.29, 1.82) is 0 Å². The van der Waals surface area contributed by atoms with Crippen molar-refractivity contribution in [3.63, 3.8) is 0 Å². The van der Waals surface area contributed by atoms with E-state index in [0.29, 0.717) is 11.3 Å². The monoisotopic (exact) mass is 461 g/mol. The molecule has 0 aliphatic heterocycles. The van der Waals surface area contributed by atoms with Crippen LogP contribution < -0.4 is 5.32 Å². The van der Waals surface area contributed by atoms with Gasteiger partial charge in [-0.3, -0.25) is 0 Å². The van der Waals surface area contributed by atoms with Crippen LogP contribution in [-0.2, 0) is 0 Å². The van der Waals surface area contributed by atoms with Crippen molar-refractivity contribution in [2.75, 3.05) is 13.1 Å². The maximum atomic E-state index is 4.47. The van der Waals surface area contributed by atoms with Gasteiger partial charge in [0.05, 0.1) is 0 Å². The minimum atomic E-state index is 0.383. The van der Waals surface area contributed by atoms with Gasteiger partial charge in [-0.25, -0.2) is 0 Å². The van der Waals surface area contributed by atoms with E-state index in [1.807, 2.05) is 6.08 Å². The number of rotatable bonds is 16. The fourth-order valence-electron chi connectivity index (χ4n) is 4.80. The molecular formula is C33H51N. The van der Waals surface area contributed by atoms with Crippen molar-refractivity contribution in [2.24, 2.45) is 11.3 Å². The second-order valence-corrected chi connectivity index (χ2v) is 10.1. The Morgan fingerprint density at radius 3 is 2.44 bits per heavy atom. The fourth-order valence-corrected chi connectivity index (χ4v) is 4.80. The van der Waals surface area contributed by atoms with Gasteiger partial charge in [0.25, 0.3) is 0 Å². The van der Waals surface area contributed by atoms with Crippen molar-refractivity contribution in [3.05, 3.63) is 95.7 Å². The second-order valence-electron chi connectivity index (χ2n) is 10.1. The lowest BCUT2D eigenvalue weighted by Crippen LogP contribution is -2.21. The quantitative estimate of drug-likeness (QED) is 0.178. The van der Waals surface area contributed by atoms with Gasteiger partial charge in [0.2, 0.25) is 0 Å². The van der Waals surface area contributed by atoms with E-state index in [9.17, 15) is 0 Å². The number of hydrogen-bond donors (Lipinski definition) is 1. The maximum Gasteiger partial charge on any atom is 0.0205 e. The maximum absolute atomic E-state index is 4.47. The van der Waals surface area contributed by atoms with Crippen molar-refractivity contribution in [1.82, 2.24) is 5.32 Å². The van der Waals surface area contributed by atoms with Gasteiger partial charge in [-0.2, -0.15) is 0 Å². The molecule has 0 saturated carbocycles. The molecule has 1 nitrogen and oxygen atoms in total.